The van der Waals surface area contributed by atoms with E-state index >= 15 is 0 Å². The molecule has 3 aromatic rings. The van der Waals surface area contributed by atoms with Gasteiger partial charge in [0.2, 0.25) is 5.95 Å². The molecule has 0 spiro atoms. The first-order valence-corrected chi connectivity index (χ1v) is 10.2. The molecule has 1 aromatic carbocycles. The van der Waals surface area contributed by atoms with E-state index in [0.717, 1.165) is 44.6 Å². The summed E-state index contributed by atoms with van der Waals surface area (Å²) in [7, 11) is 0. The molecule has 1 fully saturated rings. The molecule has 4 N–H and O–H groups in total. The van der Waals surface area contributed by atoms with Gasteiger partial charge in [-0.3, -0.25) is 4.98 Å². The number of hydrogen-bond donors (Lipinski definition) is 3. The van der Waals surface area contributed by atoms with E-state index in [2.05, 4.69) is 37.4 Å². The summed E-state index contributed by atoms with van der Waals surface area (Å²) in [5, 5.41) is 6.41. The number of alkyl halides is 3. The van der Waals surface area contributed by atoms with Crippen molar-refractivity contribution < 1.29 is 13.2 Å². The summed E-state index contributed by atoms with van der Waals surface area (Å²) in [5.74, 6) is 0.855. The molecular weight excluding hydrogens is 407 g/mol. The zero-order chi connectivity index (χ0) is 22.0. The summed E-state index contributed by atoms with van der Waals surface area (Å²) >= 11 is 0. The van der Waals surface area contributed by atoms with E-state index in [-0.39, 0.29) is 17.3 Å². The summed E-state index contributed by atoms with van der Waals surface area (Å²) in [6.07, 6.45) is -0.784. The Kier molecular flexibility index (Phi) is 5.81. The maximum Gasteiger partial charge on any atom is 0.416 e. The van der Waals surface area contributed by atoms with Crippen molar-refractivity contribution in [3.8, 4) is 0 Å². The van der Waals surface area contributed by atoms with Gasteiger partial charge >= 0.3 is 6.18 Å². The third-order valence-corrected chi connectivity index (χ3v) is 5.15. The number of nitrogens with zero attached hydrogens (tertiary/aromatic N) is 4. The lowest BCUT2D eigenvalue weighted by molar-refractivity contribution is -0.137. The molecule has 0 amide bonds. The van der Waals surface area contributed by atoms with Gasteiger partial charge in [-0.05, 0) is 49.7 Å². The maximum absolute atomic E-state index is 13.2. The van der Waals surface area contributed by atoms with Gasteiger partial charge in [-0.25, -0.2) is 4.98 Å². The number of benzene rings is 1. The number of nitrogen functional groups attached to an aromatic ring is 1. The first kappa shape index (κ1) is 21.1. The Hall–Kier alpha value is -3.14. The molecule has 1 atom stereocenters. The first-order chi connectivity index (χ1) is 14.8. The first-order valence-electron chi connectivity index (χ1n) is 10.2. The number of halogens is 3. The van der Waals surface area contributed by atoms with Gasteiger partial charge in [-0.2, -0.15) is 18.2 Å². The molecule has 7 nitrogen and oxygen atoms in total. The second kappa shape index (κ2) is 8.54. The van der Waals surface area contributed by atoms with Crippen LogP contribution in [0, 0.1) is 0 Å². The largest absolute Gasteiger partial charge is 0.416 e. The van der Waals surface area contributed by atoms with E-state index in [0.29, 0.717) is 22.9 Å². The molecule has 10 heteroatoms. The normalized spacial score (nSPS) is 16.8. The Morgan fingerprint density at radius 3 is 2.84 bits per heavy atom. The van der Waals surface area contributed by atoms with Crippen LogP contribution in [0.3, 0.4) is 0 Å². The Morgan fingerprint density at radius 1 is 1.23 bits per heavy atom. The third-order valence-electron chi connectivity index (χ3n) is 5.15. The molecule has 31 heavy (non-hydrogen) atoms. The van der Waals surface area contributed by atoms with Crippen LogP contribution >= 0.6 is 0 Å². The van der Waals surface area contributed by atoms with Crippen LogP contribution < -0.4 is 21.3 Å². The molecule has 1 aliphatic rings. The Balaban J connectivity index is 1.67. The predicted octanol–water partition coefficient (Wildman–Crippen LogP) is 3.95. The lowest BCUT2D eigenvalue weighted by Gasteiger charge is -2.20. The van der Waals surface area contributed by atoms with Crippen LogP contribution in [-0.2, 0) is 6.18 Å². The zero-order valence-electron chi connectivity index (χ0n) is 17.1. The number of pyridine rings is 1. The fourth-order valence-electron chi connectivity index (χ4n) is 3.71. The molecule has 164 valence electrons. The van der Waals surface area contributed by atoms with Gasteiger partial charge in [0.1, 0.15) is 5.52 Å². The van der Waals surface area contributed by atoms with Crippen molar-refractivity contribution in [3.05, 3.63) is 42.1 Å². The number of nitrogens with two attached hydrogens (primary N) is 1. The van der Waals surface area contributed by atoms with Crippen LogP contribution in [0.25, 0.3) is 11.0 Å². The molecule has 3 heterocycles. The van der Waals surface area contributed by atoms with Crippen molar-refractivity contribution in [2.24, 2.45) is 0 Å². The van der Waals surface area contributed by atoms with E-state index in [1.807, 2.05) is 6.07 Å². The Labute approximate surface area is 177 Å². The van der Waals surface area contributed by atoms with E-state index in [4.69, 9.17) is 5.73 Å². The third kappa shape index (κ3) is 4.79. The number of anilines is 4. The number of nitrogens with one attached hydrogen (secondary N) is 2. The van der Waals surface area contributed by atoms with Crippen molar-refractivity contribution in [2.45, 2.75) is 32.0 Å². The Bertz CT molecular complexity index is 1070. The minimum atomic E-state index is -4.50. The van der Waals surface area contributed by atoms with Gasteiger partial charge in [0.25, 0.3) is 0 Å². The minimum Gasteiger partial charge on any atom is -0.399 e. The number of rotatable bonds is 6. The Morgan fingerprint density at radius 2 is 2.06 bits per heavy atom. The molecular formula is C21H24F3N7. The van der Waals surface area contributed by atoms with Gasteiger partial charge in [-0.15, -0.1) is 0 Å². The summed E-state index contributed by atoms with van der Waals surface area (Å²) in [4.78, 5) is 15.6. The lowest BCUT2D eigenvalue weighted by atomic mass is 10.1. The summed E-state index contributed by atoms with van der Waals surface area (Å²) in [5.41, 5.74) is 6.29. The standard InChI is InChI=1S/C21H24F3N7/c1-2-6-26-15-5-8-31(12-15)19-18-17(4-3-7-27-18)29-20(30-19)28-16-10-13(21(22,23)24)9-14(25)11-16/h3-4,7,9-11,15,26H,2,5-6,8,12,25H2,1H3,(H,28,29,30)/t15-/m0/s1. The molecule has 1 saturated heterocycles. The van der Waals surface area contributed by atoms with Gasteiger partial charge in [0, 0.05) is 36.7 Å². The molecule has 0 bridgehead atoms. The highest BCUT2D eigenvalue weighted by Crippen LogP contribution is 2.34. The van der Waals surface area contributed by atoms with Crippen molar-refractivity contribution in [1.82, 2.24) is 20.3 Å². The fraction of sp³-hybridized carbons (Fsp3) is 0.381. The van der Waals surface area contributed by atoms with Gasteiger partial charge in [0.05, 0.1) is 11.1 Å². The van der Waals surface area contributed by atoms with Crippen LogP contribution in [0.15, 0.2) is 36.5 Å². The van der Waals surface area contributed by atoms with Gasteiger partial charge in [-0.1, -0.05) is 6.92 Å². The molecule has 0 saturated carbocycles. The average molecular weight is 431 g/mol. The van der Waals surface area contributed by atoms with Crippen molar-refractivity contribution in [3.63, 3.8) is 0 Å². The van der Waals surface area contributed by atoms with Crippen LogP contribution in [0.5, 0.6) is 0 Å². The van der Waals surface area contributed by atoms with Crippen molar-refractivity contribution in [2.75, 3.05) is 35.6 Å². The van der Waals surface area contributed by atoms with Crippen LogP contribution in [0.1, 0.15) is 25.3 Å². The number of fused-ring (bicyclic) bond motifs is 1. The highest BCUT2D eigenvalue weighted by molar-refractivity contribution is 5.87. The van der Waals surface area contributed by atoms with E-state index in [1.165, 1.54) is 6.07 Å². The highest BCUT2D eigenvalue weighted by atomic mass is 19.4. The quantitative estimate of drug-likeness (QED) is 0.509. The van der Waals surface area contributed by atoms with Gasteiger partial charge < -0.3 is 21.3 Å². The topological polar surface area (TPSA) is 92.0 Å². The summed E-state index contributed by atoms with van der Waals surface area (Å²) < 4.78 is 39.5. The maximum atomic E-state index is 13.2. The second-order valence-electron chi connectivity index (χ2n) is 7.59. The average Bonchev–Trinajstić information content (AvgIpc) is 3.19. The van der Waals surface area contributed by atoms with Crippen molar-refractivity contribution in [1.29, 1.82) is 0 Å². The lowest BCUT2D eigenvalue weighted by Crippen LogP contribution is -2.33. The highest BCUT2D eigenvalue weighted by Gasteiger charge is 2.31. The molecule has 2 aromatic heterocycles. The number of hydrogen-bond acceptors (Lipinski definition) is 7. The molecule has 0 aliphatic carbocycles. The monoisotopic (exact) mass is 431 g/mol. The molecule has 1 aliphatic heterocycles. The van der Waals surface area contributed by atoms with Crippen molar-refractivity contribution >= 4 is 34.2 Å². The predicted molar refractivity (Wildman–Crippen MR) is 115 cm³/mol. The van der Waals surface area contributed by atoms with E-state index in [9.17, 15) is 13.2 Å². The molecule has 0 radical (unpaired) electrons. The fourth-order valence-corrected chi connectivity index (χ4v) is 3.71. The summed E-state index contributed by atoms with van der Waals surface area (Å²) in [6.45, 7) is 4.66. The van der Waals surface area contributed by atoms with Crippen LogP contribution in [-0.4, -0.2) is 40.6 Å². The zero-order valence-corrected chi connectivity index (χ0v) is 17.1. The van der Waals surface area contributed by atoms with Gasteiger partial charge in [0.15, 0.2) is 5.82 Å². The van der Waals surface area contributed by atoms with E-state index in [1.54, 1.807) is 12.3 Å². The molecule has 0 unspecified atom stereocenters. The van der Waals surface area contributed by atoms with Crippen LogP contribution in [0.4, 0.5) is 36.3 Å². The SMILES string of the molecule is CCCN[C@H]1CCN(c2nc(Nc3cc(N)cc(C(F)(F)F)c3)nc3cccnc23)C1. The smallest absolute Gasteiger partial charge is 0.399 e. The summed E-state index contributed by atoms with van der Waals surface area (Å²) in [6, 6.07) is 7.24. The van der Waals surface area contributed by atoms with Crippen LogP contribution in [0.2, 0.25) is 0 Å². The van der Waals surface area contributed by atoms with E-state index < -0.39 is 11.7 Å². The number of aromatic nitrogens is 3. The molecule has 4 rings (SSSR count). The second-order valence-corrected chi connectivity index (χ2v) is 7.59. The minimum absolute atomic E-state index is 0.00406.